The predicted octanol–water partition coefficient (Wildman–Crippen LogP) is 3.91. The highest BCUT2D eigenvalue weighted by Crippen LogP contribution is 2.28. The van der Waals surface area contributed by atoms with Crippen molar-refractivity contribution < 1.29 is 9.90 Å². The summed E-state index contributed by atoms with van der Waals surface area (Å²) < 4.78 is 0. The minimum Gasteiger partial charge on any atom is -0.477 e. The molecule has 0 saturated heterocycles. The van der Waals surface area contributed by atoms with E-state index in [4.69, 9.17) is 0 Å². The van der Waals surface area contributed by atoms with E-state index in [0.717, 1.165) is 36.8 Å². The van der Waals surface area contributed by atoms with Gasteiger partial charge in [-0.15, -0.1) is 0 Å². The highest BCUT2D eigenvalue weighted by atomic mass is 32.1. The molecule has 4 nitrogen and oxygen atoms in total. The van der Waals surface area contributed by atoms with Crippen LogP contribution < -0.4 is 4.90 Å². The van der Waals surface area contributed by atoms with E-state index in [-0.39, 0.29) is 0 Å². The van der Waals surface area contributed by atoms with Gasteiger partial charge in [0.05, 0.1) is 5.69 Å². The molecule has 0 aliphatic rings. The van der Waals surface area contributed by atoms with Crippen molar-refractivity contribution in [1.82, 2.24) is 4.98 Å². The first kappa shape index (κ1) is 17.0. The fourth-order valence-electron chi connectivity index (χ4n) is 2.16. The van der Waals surface area contributed by atoms with Crippen LogP contribution in [0.15, 0.2) is 0 Å². The number of carboxylic acids is 1. The SMILES string of the molecule is CCCc1nc(N(CC(C)C)CC(C)C)sc1C(=O)O. The van der Waals surface area contributed by atoms with Crippen LogP contribution in [0.4, 0.5) is 5.13 Å². The molecule has 0 aliphatic carbocycles. The van der Waals surface area contributed by atoms with Gasteiger partial charge in [-0.25, -0.2) is 9.78 Å². The molecule has 0 spiro atoms. The Kier molecular flexibility index (Phi) is 6.46. The number of carboxylic acid groups (broad SMARTS) is 1. The van der Waals surface area contributed by atoms with E-state index in [1.807, 2.05) is 6.92 Å². The molecule has 0 unspecified atom stereocenters. The summed E-state index contributed by atoms with van der Waals surface area (Å²) in [7, 11) is 0. The van der Waals surface area contributed by atoms with Gasteiger partial charge in [0.1, 0.15) is 4.88 Å². The Balaban J connectivity index is 3.06. The largest absolute Gasteiger partial charge is 0.477 e. The van der Waals surface area contributed by atoms with Gasteiger partial charge < -0.3 is 10.0 Å². The second kappa shape index (κ2) is 7.62. The van der Waals surface area contributed by atoms with Crippen LogP contribution in [0.3, 0.4) is 0 Å². The number of carbonyl (C=O) groups is 1. The molecule has 1 heterocycles. The number of aryl methyl sites for hydroxylation is 1. The highest BCUT2D eigenvalue weighted by molar-refractivity contribution is 7.17. The van der Waals surface area contributed by atoms with Crippen LogP contribution >= 0.6 is 11.3 Å². The smallest absolute Gasteiger partial charge is 0.347 e. The third-order valence-electron chi connectivity index (χ3n) is 2.81. The van der Waals surface area contributed by atoms with Crippen LogP contribution in [0.25, 0.3) is 0 Å². The summed E-state index contributed by atoms with van der Waals surface area (Å²) in [6.07, 6.45) is 1.65. The molecule has 0 aliphatic heterocycles. The molecule has 0 amide bonds. The average molecular weight is 298 g/mol. The van der Waals surface area contributed by atoms with Crippen LogP contribution in [0.1, 0.15) is 56.4 Å². The highest BCUT2D eigenvalue weighted by Gasteiger charge is 2.21. The third kappa shape index (κ3) is 4.78. The monoisotopic (exact) mass is 298 g/mol. The molecule has 0 radical (unpaired) electrons. The molecule has 0 atom stereocenters. The first-order chi connectivity index (χ1) is 9.35. The molecule has 0 fully saturated rings. The summed E-state index contributed by atoms with van der Waals surface area (Å²) in [5, 5.41) is 10.2. The van der Waals surface area contributed by atoms with Crippen LogP contribution in [0.2, 0.25) is 0 Å². The van der Waals surface area contributed by atoms with E-state index in [0.29, 0.717) is 16.7 Å². The predicted molar refractivity (Wildman–Crippen MR) is 85.0 cm³/mol. The quantitative estimate of drug-likeness (QED) is 0.790. The number of aromatic carboxylic acids is 1. The van der Waals surface area contributed by atoms with Crippen LogP contribution in [0, 0.1) is 11.8 Å². The second-order valence-corrected chi connectivity index (χ2v) is 7.00. The minimum absolute atomic E-state index is 0.402. The van der Waals surface area contributed by atoms with Crippen molar-refractivity contribution in [1.29, 1.82) is 0 Å². The van der Waals surface area contributed by atoms with Crippen molar-refractivity contribution in [2.75, 3.05) is 18.0 Å². The molecule has 0 saturated carbocycles. The van der Waals surface area contributed by atoms with E-state index >= 15 is 0 Å². The van der Waals surface area contributed by atoms with Gasteiger partial charge in [0.2, 0.25) is 0 Å². The first-order valence-corrected chi connectivity index (χ1v) is 8.14. The number of nitrogens with zero attached hydrogens (tertiary/aromatic N) is 2. The number of anilines is 1. The van der Waals surface area contributed by atoms with Crippen LogP contribution in [0.5, 0.6) is 0 Å². The lowest BCUT2D eigenvalue weighted by molar-refractivity contribution is 0.0700. The van der Waals surface area contributed by atoms with Gasteiger partial charge in [0, 0.05) is 13.1 Å². The topological polar surface area (TPSA) is 53.4 Å². The molecule has 0 aromatic carbocycles. The standard InChI is InChI=1S/C15H26N2O2S/c1-6-7-12-13(14(18)19)20-15(16-12)17(8-10(2)3)9-11(4)5/h10-11H,6-9H2,1-5H3,(H,18,19). The minimum atomic E-state index is -0.855. The van der Waals surface area contributed by atoms with E-state index in [1.165, 1.54) is 11.3 Å². The number of rotatable bonds is 8. The summed E-state index contributed by atoms with van der Waals surface area (Å²) >= 11 is 1.31. The normalized spacial score (nSPS) is 11.3. The molecule has 5 heteroatoms. The maximum Gasteiger partial charge on any atom is 0.347 e. The summed E-state index contributed by atoms with van der Waals surface area (Å²) in [5.41, 5.74) is 0.734. The van der Waals surface area contributed by atoms with Gasteiger partial charge in [0.25, 0.3) is 0 Å². The first-order valence-electron chi connectivity index (χ1n) is 7.33. The van der Waals surface area contributed by atoms with E-state index in [1.54, 1.807) is 0 Å². The van der Waals surface area contributed by atoms with E-state index < -0.39 is 5.97 Å². The third-order valence-corrected chi connectivity index (χ3v) is 3.96. The number of hydrogen-bond acceptors (Lipinski definition) is 4. The lowest BCUT2D eigenvalue weighted by Gasteiger charge is -2.25. The summed E-state index contributed by atoms with van der Waals surface area (Å²) in [6, 6.07) is 0. The summed E-state index contributed by atoms with van der Waals surface area (Å²) in [5.74, 6) is 0.201. The Bertz CT molecular complexity index is 431. The fourth-order valence-corrected chi connectivity index (χ4v) is 3.13. The zero-order valence-electron chi connectivity index (χ0n) is 13.1. The van der Waals surface area contributed by atoms with Crippen molar-refractivity contribution in [3.05, 3.63) is 10.6 Å². The Labute approximate surface area is 125 Å². The van der Waals surface area contributed by atoms with Gasteiger partial charge in [-0.1, -0.05) is 52.4 Å². The fraction of sp³-hybridized carbons (Fsp3) is 0.733. The molecular formula is C15H26N2O2S. The molecule has 20 heavy (non-hydrogen) atoms. The van der Waals surface area contributed by atoms with Crippen molar-refractivity contribution in [2.24, 2.45) is 11.8 Å². The van der Waals surface area contributed by atoms with E-state index in [2.05, 4.69) is 37.6 Å². The molecule has 1 N–H and O–H groups in total. The molecule has 114 valence electrons. The van der Waals surface area contributed by atoms with Crippen LogP contribution in [-0.2, 0) is 6.42 Å². The van der Waals surface area contributed by atoms with Crippen molar-refractivity contribution in [3.63, 3.8) is 0 Å². The maximum absolute atomic E-state index is 11.3. The molecule has 1 rings (SSSR count). The molecule has 1 aromatic rings. The number of hydrogen-bond donors (Lipinski definition) is 1. The van der Waals surface area contributed by atoms with Crippen molar-refractivity contribution in [2.45, 2.75) is 47.5 Å². The van der Waals surface area contributed by atoms with Gasteiger partial charge in [-0.05, 0) is 18.3 Å². The summed E-state index contributed by atoms with van der Waals surface area (Å²) in [4.78, 5) is 18.6. The molecule has 1 aromatic heterocycles. The van der Waals surface area contributed by atoms with Crippen molar-refractivity contribution >= 4 is 22.4 Å². The zero-order chi connectivity index (χ0) is 15.3. The van der Waals surface area contributed by atoms with Crippen LogP contribution in [-0.4, -0.2) is 29.1 Å². The second-order valence-electron chi connectivity index (χ2n) is 6.02. The number of aromatic nitrogens is 1. The van der Waals surface area contributed by atoms with Gasteiger partial charge in [-0.3, -0.25) is 0 Å². The molecule has 0 bridgehead atoms. The number of thiazole rings is 1. The van der Waals surface area contributed by atoms with Gasteiger partial charge in [-0.2, -0.15) is 0 Å². The molecular weight excluding hydrogens is 272 g/mol. The summed E-state index contributed by atoms with van der Waals surface area (Å²) in [6.45, 7) is 12.6. The van der Waals surface area contributed by atoms with Gasteiger partial charge >= 0.3 is 5.97 Å². The zero-order valence-corrected chi connectivity index (χ0v) is 14.0. The Morgan fingerprint density at radius 1 is 1.25 bits per heavy atom. The lowest BCUT2D eigenvalue weighted by atomic mass is 10.1. The Hall–Kier alpha value is -1.10. The average Bonchev–Trinajstić information content (AvgIpc) is 2.71. The Morgan fingerprint density at radius 2 is 1.80 bits per heavy atom. The lowest BCUT2D eigenvalue weighted by Crippen LogP contribution is -2.31. The van der Waals surface area contributed by atoms with E-state index in [9.17, 15) is 9.90 Å². The van der Waals surface area contributed by atoms with Gasteiger partial charge in [0.15, 0.2) is 5.13 Å². The maximum atomic E-state index is 11.3. The van der Waals surface area contributed by atoms with Crippen molar-refractivity contribution in [3.8, 4) is 0 Å². The Morgan fingerprint density at radius 3 is 2.20 bits per heavy atom.